The van der Waals surface area contributed by atoms with Gasteiger partial charge in [-0.15, -0.1) is 35.3 Å². The van der Waals surface area contributed by atoms with Gasteiger partial charge in [0.25, 0.3) is 5.91 Å². The lowest BCUT2D eigenvalue weighted by atomic mass is 10.2. The van der Waals surface area contributed by atoms with E-state index in [2.05, 4.69) is 40.0 Å². The molecule has 0 saturated heterocycles. The smallest absolute Gasteiger partial charge is 0.287 e. The first-order valence-electron chi connectivity index (χ1n) is 8.50. The Morgan fingerprint density at radius 1 is 1.15 bits per heavy atom. The van der Waals surface area contributed by atoms with E-state index in [0.717, 1.165) is 31.0 Å². The molecule has 0 aliphatic carbocycles. The lowest BCUT2D eigenvalue weighted by molar-refractivity contribution is 0.0925. The number of nitrogens with one attached hydrogen (secondary N) is 3. The second kappa shape index (κ2) is 11.9. The number of guanidine groups is 1. The third kappa shape index (κ3) is 7.36. The molecule has 0 spiro atoms. The molecule has 2 aromatic rings. The summed E-state index contributed by atoms with van der Waals surface area (Å²) in [5, 5.41) is 9.38. The molecule has 6 nitrogen and oxygen atoms in total. The van der Waals surface area contributed by atoms with Crippen molar-refractivity contribution in [3.63, 3.8) is 0 Å². The molecule has 0 atom stereocenters. The third-order valence-electron chi connectivity index (χ3n) is 3.53. The van der Waals surface area contributed by atoms with Crippen molar-refractivity contribution in [2.24, 2.45) is 4.99 Å². The Labute approximate surface area is 175 Å². The largest absolute Gasteiger partial charge is 0.459 e. The molecule has 0 unspecified atom stereocenters. The third-order valence-corrected chi connectivity index (χ3v) is 4.52. The summed E-state index contributed by atoms with van der Waals surface area (Å²) in [6.07, 6.45) is 2.33. The number of hydrogen-bond acceptors (Lipinski definition) is 4. The summed E-state index contributed by atoms with van der Waals surface area (Å²) < 4.78 is 5.17. The Morgan fingerprint density at radius 3 is 2.54 bits per heavy atom. The summed E-state index contributed by atoms with van der Waals surface area (Å²) in [7, 11) is 0. The minimum atomic E-state index is -0.170. The second-order valence-electron chi connectivity index (χ2n) is 5.68. The van der Waals surface area contributed by atoms with Crippen LogP contribution in [0.4, 0.5) is 0 Å². The molecule has 1 amide bonds. The van der Waals surface area contributed by atoms with Crippen LogP contribution in [-0.2, 0) is 6.54 Å². The van der Waals surface area contributed by atoms with Crippen molar-refractivity contribution in [2.75, 3.05) is 19.6 Å². The molecule has 0 fully saturated rings. The minimum Gasteiger partial charge on any atom is -0.459 e. The zero-order valence-corrected chi connectivity index (χ0v) is 18.6. The van der Waals surface area contributed by atoms with E-state index in [9.17, 15) is 4.79 Å². The Balaban J connectivity index is 0.00000338. The fourth-order valence-electron chi connectivity index (χ4n) is 2.25. The molecule has 0 aliphatic rings. The van der Waals surface area contributed by atoms with Gasteiger partial charge in [-0.2, -0.15) is 0 Å². The summed E-state index contributed by atoms with van der Waals surface area (Å²) in [4.78, 5) is 19.1. The maximum atomic E-state index is 11.9. The van der Waals surface area contributed by atoms with E-state index in [1.54, 1.807) is 17.4 Å². The number of rotatable bonds is 8. The molecule has 8 heteroatoms. The predicted molar refractivity (Wildman–Crippen MR) is 118 cm³/mol. The van der Waals surface area contributed by atoms with Crippen molar-refractivity contribution in [3.05, 3.63) is 45.5 Å². The Hall–Kier alpha value is -1.55. The molecule has 2 rings (SSSR count). The van der Waals surface area contributed by atoms with Gasteiger partial charge in [0.15, 0.2) is 11.7 Å². The maximum absolute atomic E-state index is 11.9. The first-order chi connectivity index (χ1) is 12.1. The Morgan fingerprint density at radius 2 is 1.92 bits per heavy atom. The molecule has 0 saturated carbocycles. The number of thiophene rings is 1. The van der Waals surface area contributed by atoms with Gasteiger partial charge in [-0.05, 0) is 45.4 Å². The molecule has 26 heavy (non-hydrogen) atoms. The summed E-state index contributed by atoms with van der Waals surface area (Å²) >= 11 is 1.76. The van der Waals surface area contributed by atoms with Gasteiger partial charge in [0, 0.05) is 35.0 Å². The van der Waals surface area contributed by atoms with Crippen LogP contribution in [0.15, 0.2) is 33.9 Å². The number of aryl methyl sites for hydroxylation is 2. The van der Waals surface area contributed by atoms with E-state index in [-0.39, 0.29) is 29.9 Å². The van der Waals surface area contributed by atoms with Crippen LogP contribution >= 0.6 is 35.3 Å². The van der Waals surface area contributed by atoms with Gasteiger partial charge >= 0.3 is 0 Å². The first-order valence-corrected chi connectivity index (χ1v) is 9.31. The number of aliphatic imine (C=N–C) groups is 1. The highest BCUT2D eigenvalue weighted by molar-refractivity contribution is 14.0. The molecule has 2 heterocycles. The summed E-state index contributed by atoms with van der Waals surface area (Å²) in [6, 6.07) is 6.00. The summed E-state index contributed by atoms with van der Waals surface area (Å²) in [5.41, 5.74) is 0.848. The van der Waals surface area contributed by atoms with E-state index in [4.69, 9.17) is 4.42 Å². The first kappa shape index (κ1) is 22.5. The predicted octanol–water partition coefficient (Wildman–Crippen LogP) is 3.45. The van der Waals surface area contributed by atoms with Gasteiger partial charge < -0.3 is 20.4 Å². The molecule has 3 N–H and O–H groups in total. The number of carbonyl (C=O) groups excluding carboxylic acids is 1. The van der Waals surface area contributed by atoms with E-state index >= 15 is 0 Å². The van der Waals surface area contributed by atoms with Gasteiger partial charge in [0.2, 0.25) is 0 Å². The zero-order chi connectivity index (χ0) is 18.1. The molecular formula is C18H27IN4O2S. The molecule has 0 aromatic carbocycles. The molecule has 0 bridgehead atoms. The summed E-state index contributed by atoms with van der Waals surface area (Å²) in [5.74, 6) is 1.01. The molecule has 144 valence electrons. The quantitative estimate of drug-likeness (QED) is 0.229. The van der Waals surface area contributed by atoms with E-state index in [1.165, 1.54) is 16.0 Å². The van der Waals surface area contributed by atoms with Crippen LogP contribution in [0.5, 0.6) is 0 Å². The fraction of sp³-hybridized carbons (Fsp3) is 0.444. The number of amides is 1. The molecular weight excluding hydrogens is 463 g/mol. The fourth-order valence-corrected chi connectivity index (χ4v) is 3.07. The van der Waals surface area contributed by atoms with Crippen LogP contribution < -0.4 is 16.0 Å². The van der Waals surface area contributed by atoms with E-state index < -0.39 is 0 Å². The standard InChI is InChI=1S/C18H26N4O2S.HI/c1-4-19-18(22-12-15-7-6-14(3)25-15)21-10-5-9-20-17(23)16-13(2)8-11-24-16;/h6-8,11H,4-5,9-10,12H2,1-3H3,(H,20,23)(H2,19,21,22);1H. The molecule has 2 aromatic heterocycles. The lowest BCUT2D eigenvalue weighted by Crippen LogP contribution is -2.38. The number of hydrogen-bond donors (Lipinski definition) is 3. The summed E-state index contributed by atoms with van der Waals surface area (Å²) in [6.45, 7) is 8.78. The number of carbonyl (C=O) groups is 1. The zero-order valence-electron chi connectivity index (χ0n) is 15.4. The van der Waals surface area contributed by atoms with Crippen LogP contribution in [0.1, 0.15) is 39.2 Å². The highest BCUT2D eigenvalue weighted by Gasteiger charge is 2.11. The van der Waals surface area contributed by atoms with Gasteiger partial charge in [0.05, 0.1) is 12.8 Å². The molecule has 0 aliphatic heterocycles. The van der Waals surface area contributed by atoms with Crippen LogP contribution in [-0.4, -0.2) is 31.5 Å². The van der Waals surface area contributed by atoms with Crippen LogP contribution in [0.25, 0.3) is 0 Å². The van der Waals surface area contributed by atoms with Crippen LogP contribution in [0.3, 0.4) is 0 Å². The van der Waals surface area contributed by atoms with Crippen molar-refractivity contribution in [2.45, 2.75) is 33.7 Å². The normalized spacial score (nSPS) is 11.0. The van der Waals surface area contributed by atoms with Crippen molar-refractivity contribution in [3.8, 4) is 0 Å². The van der Waals surface area contributed by atoms with Gasteiger partial charge in [-0.3, -0.25) is 4.79 Å². The van der Waals surface area contributed by atoms with Gasteiger partial charge in [-0.25, -0.2) is 4.99 Å². The van der Waals surface area contributed by atoms with Crippen LogP contribution in [0.2, 0.25) is 0 Å². The highest BCUT2D eigenvalue weighted by Crippen LogP contribution is 2.15. The average Bonchev–Trinajstić information content (AvgIpc) is 3.20. The van der Waals surface area contributed by atoms with Gasteiger partial charge in [0.1, 0.15) is 0 Å². The number of halogens is 1. The van der Waals surface area contributed by atoms with Crippen LogP contribution in [0, 0.1) is 13.8 Å². The van der Waals surface area contributed by atoms with Crippen molar-refractivity contribution < 1.29 is 9.21 Å². The van der Waals surface area contributed by atoms with Crippen molar-refractivity contribution in [1.29, 1.82) is 0 Å². The maximum Gasteiger partial charge on any atom is 0.287 e. The Kier molecular flexibility index (Phi) is 10.3. The topological polar surface area (TPSA) is 78.7 Å². The number of nitrogens with zero attached hydrogens (tertiary/aromatic N) is 1. The Bertz CT molecular complexity index is 712. The SMILES string of the molecule is CCNC(=NCc1ccc(C)s1)NCCCNC(=O)c1occc1C.I. The monoisotopic (exact) mass is 490 g/mol. The van der Waals surface area contributed by atoms with E-state index in [1.807, 2.05) is 13.8 Å². The average molecular weight is 490 g/mol. The van der Waals surface area contributed by atoms with Gasteiger partial charge in [-0.1, -0.05) is 0 Å². The van der Waals surface area contributed by atoms with Crippen molar-refractivity contribution >= 4 is 47.2 Å². The minimum absolute atomic E-state index is 0. The molecule has 0 radical (unpaired) electrons. The second-order valence-corrected chi connectivity index (χ2v) is 7.05. The van der Waals surface area contributed by atoms with E-state index in [0.29, 0.717) is 18.8 Å². The lowest BCUT2D eigenvalue weighted by Gasteiger charge is -2.11. The number of furan rings is 1. The highest BCUT2D eigenvalue weighted by atomic mass is 127. The van der Waals surface area contributed by atoms with Crippen molar-refractivity contribution in [1.82, 2.24) is 16.0 Å².